The molecular weight excluding hydrogens is 276 g/mol. The maximum Gasteiger partial charge on any atom is 0.224 e. The van der Waals surface area contributed by atoms with E-state index in [0.29, 0.717) is 17.0 Å². The number of aliphatic hydroxyl groups excluding tert-OH is 1. The third kappa shape index (κ3) is 3.73. The zero-order valence-corrected chi connectivity index (χ0v) is 12.7. The van der Waals surface area contributed by atoms with Crippen LogP contribution in [0.5, 0.6) is 0 Å². The lowest BCUT2D eigenvalue weighted by molar-refractivity contribution is 0.262. The average Bonchev–Trinajstić information content (AvgIpc) is 2.47. The van der Waals surface area contributed by atoms with Gasteiger partial charge in [-0.1, -0.05) is 18.5 Å². The number of aliphatic hydroxyl groups is 1. The van der Waals surface area contributed by atoms with Crippen molar-refractivity contribution in [1.82, 2.24) is 9.97 Å². The average molecular weight is 299 g/mol. The van der Waals surface area contributed by atoms with E-state index in [-0.39, 0.29) is 6.61 Å². The Bertz CT molecular complexity index is 428. The molecule has 0 spiro atoms. The SMILES string of the molecule is CCCNc1ncc(Cl)c(N2CCCCC2CCO)n1. The molecule has 0 aliphatic carbocycles. The molecule has 20 heavy (non-hydrogen) atoms. The third-order valence-electron chi connectivity index (χ3n) is 3.62. The van der Waals surface area contributed by atoms with E-state index in [4.69, 9.17) is 11.6 Å². The molecule has 1 saturated heterocycles. The number of nitrogens with zero attached hydrogens (tertiary/aromatic N) is 3. The molecule has 0 radical (unpaired) electrons. The molecule has 6 heteroatoms. The molecule has 1 atom stereocenters. The lowest BCUT2D eigenvalue weighted by Crippen LogP contribution is -2.41. The van der Waals surface area contributed by atoms with E-state index >= 15 is 0 Å². The van der Waals surface area contributed by atoms with Gasteiger partial charge in [-0.15, -0.1) is 0 Å². The zero-order valence-electron chi connectivity index (χ0n) is 12.0. The van der Waals surface area contributed by atoms with E-state index in [1.54, 1.807) is 6.20 Å². The summed E-state index contributed by atoms with van der Waals surface area (Å²) in [7, 11) is 0. The largest absolute Gasteiger partial charge is 0.396 e. The van der Waals surface area contributed by atoms with Crippen LogP contribution in [0.4, 0.5) is 11.8 Å². The molecule has 0 aromatic carbocycles. The highest BCUT2D eigenvalue weighted by Crippen LogP contribution is 2.30. The van der Waals surface area contributed by atoms with Crippen molar-refractivity contribution >= 4 is 23.4 Å². The predicted molar refractivity (Wildman–Crippen MR) is 82.5 cm³/mol. The van der Waals surface area contributed by atoms with Crippen molar-refractivity contribution in [3.63, 3.8) is 0 Å². The normalized spacial score (nSPS) is 19.1. The molecule has 1 fully saturated rings. The molecule has 1 aromatic rings. The molecule has 1 unspecified atom stereocenters. The molecule has 2 rings (SSSR count). The van der Waals surface area contributed by atoms with Gasteiger partial charge in [0.15, 0.2) is 5.82 Å². The second-order valence-electron chi connectivity index (χ2n) is 5.15. The molecule has 0 bridgehead atoms. The van der Waals surface area contributed by atoms with E-state index in [0.717, 1.165) is 44.6 Å². The fourth-order valence-corrected chi connectivity index (χ4v) is 2.81. The Morgan fingerprint density at radius 1 is 1.50 bits per heavy atom. The Labute approximate surface area is 125 Å². The topological polar surface area (TPSA) is 61.3 Å². The van der Waals surface area contributed by atoms with Gasteiger partial charge in [-0.3, -0.25) is 0 Å². The summed E-state index contributed by atoms with van der Waals surface area (Å²) in [6.07, 6.45) is 6.87. The lowest BCUT2D eigenvalue weighted by atomic mass is 10.00. The van der Waals surface area contributed by atoms with Crippen molar-refractivity contribution in [2.75, 3.05) is 29.9 Å². The molecule has 1 aliphatic rings. The van der Waals surface area contributed by atoms with Crippen molar-refractivity contribution in [2.24, 2.45) is 0 Å². The summed E-state index contributed by atoms with van der Waals surface area (Å²) in [4.78, 5) is 11.0. The van der Waals surface area contributed by atoms with Gasteiger partial charge in [-0.05, 0) is 32.1 Å². The van der Waals surface area contributed by atoms with Crippen molar-refractivity contribution in [2.45, 2.75) is 45.1 Å². The van der Waals surface area contributed by atoms with Gasteiger partial charge in [0.25, 0.3) is 0 Å². The summed E-state index contributed by atoms with van der Waals surface area (Å²) < 4.78 is 0. The number of hydrogen-bond acceptors (Lipinski definition) is 5. The fraction of sp³-hybridized carbons (Fsp3) is 0.714. The van der Waals surface area contributed by atoms with Crippen LogP contribution in [0.25, 0.3) is 0 Å². The van der Waals surface area contributed by atoms with Crippen LogP contribution in [0.15, 0.2) is 6.20 Å². The Morgan fingerprint density at radius 3 is 3.10 bits per heavy atom. The Hall–Kier alpha value is -1.07. The van der Waals surface area contributed by atoms with Gasteiger partial charge in [0.1, 0.15) is 5.02 Å². The number of piperidine rings is 1. The van der Waals surface area contributed by atoms with Crippen LogP contribution in [0, 0.1) is 0 Å². The van der Waals surface area contributed by atoms with Crippen molar-refractivity contribution in [3.8, 4) is 0 Å². The Balaban J connectivity index is 2.19. The van der Waals surface area contributed by atoms with Crippen molar-refractivity contribution in [1.29, 1.82) is 0 Å². The minimum atomic E-state index is 0.199. The molecule has 1 aliphatic heterocycles. The van der Waals surface area contributed by atoms with Gasteiger partial charge in [-0.2, -0.15) is 4.98 Å². The Morgan fingerprint density at radius 2 is 2.35 bits per heavy atom. The first-order valence-corrected chi connectivity index (χ1v) is 7.78. The number of halogens is 1. The molecule has 2 heterocycles. The quantitative estimate of drug-likeness (QED) is 0.845. The van der Waals surface area contributed by atoms with Gasteiger partial charge in [0.2, 0.25) is 5.95 Å². The minimum Gasteiger partial charge on any atom is -0.396 e. The smallest absolute Gasteiger partial charge is 0.224 e. The van der Waals surface area contributed by atoms with Crippen molar-refractivity contribution in [3.05, 3.63) is 11.2 Å². The molecule has 1 aromatic heterocycles. The second kappa shape index (κ2) is 7.64. The van der Waals surface area contributed by atoms with Crippen LogP contribution in [-0.4, -0.2) is 40.8 Å². The summed E-state index contributed by atoms with van der Waals surface area (Å²) in [5, 5.41) is 13.0. The highest BCUT2D eigenvalue weighted by molar-refractivity contribution is 6.32. The number of anilines is 2. The van der Waals surface area contributed by atoms with E-state index < -0.39 is 0 Å². The van der Waals surface area contributed by atoms with Crippen LogP contribution in [0.1, 0.15) is 39.0 Å². The number of aromatic nitrogens is 2. The predicted octanol–water partition coefficient (Wildman–Crippen LogP) is 2.69. The fourth-order valence-electron chi connectivity index (χ4n) is 2.61. The van der Waals surface area contributed by atoms with E-state index in [1.165, 1.54) is 6.42 Å². The maximum absolute atomic E-state index is 9.22. The molecule has 0 saturated carbocycles. The lowest BCUT2D eigenvalue weighted by Gasteiger charge is -2.37. The zero-order chi connectivity index (χ0) is 14.4. The molecule has 5 nitrogen and oxygen atoms in total. The summed E-state index contributed by atoms with van der Waals surface area (Å²) >= 11 is 6.27. The van der Waals surface area contributed by atoms with Gasteiger partial charge in [0.05, 0.1) is 6.20 Å². The molecule has 2 N–H and O–H groups in total. The van der Waals surface area contributed by atoms with E-state index in [1.807, 2.05) is 0 Å². The molecular formula is C14H23ClN4O. The second-order valence-corrected chi connectivity index (χ2v) is 5.55. The van der Waals surface area contributed by atoms with Gasteiger partial charge in [0, 0.05) is 25.7 Å². The minimum absolute atomic E-state index is 0.199. The monoisotopic (exact) mass is 298 g/mol. The van der Waals surface area contributed by atoms with Crippen LogP contribution >= 0.6 is 11.6 Å². The number of rotatable bonds is 6. The van der Waals surface area contributed by atoms with Gasteiger partial charge < -0.3 is 15.3 Å². The summed E-state index contributed by atoms with van der Waals surface area (Å²) in [5.41, 5.74) is 0. The maximum atomic E-state index is 9.22. The van der Waals surface area contributed by atoms with Crippen molar-refractivity contribution < 1.29 is 5.11 Å². The molecule has 112 valence electrons. The summed E-state index contributed by atoms with van der Waals surface area (Å²) in [6, 6.07) is 0.320. The number of nitrogens with one attached hydrogen (secondary N) is 1. The van der Waals surface area contributed by atoms with Crippen LogP contribution < -0.4 is 10.2 Å². The van der Waals surface area contributed by atoms with E-state index in [9.17, 15) is 5.11 Å². The highest BCUT2D eigenvalue weighted by atomic mass is 35.5. The van der Waals surface area contributed by atoms with Gasteiger partial charge >= 0.3 is 0 Å². The highest BCUT2D eigenvalue weighted by Gasteiger charge is 2.25. The first kappa shape index (κ1) is 15.3. The van der Waals surface area contributed by atoms with Crippen LogP contribution in [0.3, 0.4) is 0 Å². The first-order valence-electron chi connectivity index (χ1n) is 7.40. The van der Waals surface area contributed by atoms with Gasteiger partial charge in [-0.25, -0.2) is 4.98 Å². The standard InChI is InChI=1S/C14H23ClN4O/c1-2-7-16-14-17-10-12(15)13(18-14)19-8-4-3-5-11(19)6-9-20/h10-11,20H,2-9H2,1H3,(H,16,17,18). The number of hydrogen-bond donors (Lipinski definition) is 2. The first-order chi connectivity index (χ1) is 9.76. The van der Waals surface area contributed by atoms with Crippen LogP contribution in [0.2, 0.25) is 5.02 Å². The summed E-state index contributed by atoms with van der Waals surface area (Å²) in [6.45, 7) is 4.09. The van der Waals surface area contributed by atoms with Crippen LogP contribution in [-0.2, 0) is 0 Å². The summed E-state index contributed by atoms with van der Waals surface area (Å²) in [5.74, 6) is 1.41. The Kier molecular flexibility index (Phi) is 5.86. The van der Waals surface area contributed by atoms with E-state index in [2.05, 4.69) is 27.1 Å². The molecule has 0 amide bonds. The third-order valence-corrected chi connectivity index (χ3v) is 3.89.